The van der Waals surface area contributed by atoms with E-state index in [2.05, 4.69) is 19.8 Å². The summed E-state index contributed by atoms with van der Waals surface area (Å²) in [5.41, 5.74) is 5.74. The van der Waals surface area contributed by atoms with E-state index in [-0.39, 0.29) is 23.1 Å². The largest absolute Gasteiger partial charge is 2.00 e. The molecule has 10 radical (unpaired) electrons. The molecule has 0 aromatic rings. The summed E-state index contributed by atoms with van der Waals surface area (Å²) in [4.78, 5) is 0. The smallest absolute Gasteiger partial charge is 0.327 e. The zero-order valence-electron chi connectivity index (χ0n) is 8.91. The number of hydrogen-bond acceptors (Lipinski definition) is 1. The first kappa shape index (κ1) is 15.5. The second kappa shape index (κ2) is 9.69. The Bertz CT molecular complexity index is 121. The van der Waals surface area contributed by atoms with Crippen LogP contribution in [0.25, 0.3) is 0 Å². The minimum atomic E-state index is 0. The first-order valence-electron chi connectivity index (χ1n) is 4.98. The standard InChI is InChI=1S/C8H12N.C5H5.Fe/c1-2-8(9)7-5-3-4-6-7;1-2-4-5-3-1;/h3-6,8H,2,9H2,1H3;1-5H;/q;;+2/t8-;;/m1../s1. The predicted octanol–water partition coefficient (Wildman–Crippen LogP) is 2.15. The van der Waals surface area contributed by atoms with Gasteiger partial charge in [-0.2, -0.15) is 0 Å². The predicted molar refractivity (Wildman–Crippen MR) is 60.2 cm³/mol. The molecule has 0 spiro atoms. The van der Waals surface area contributed by atoms with Gasteiger partial charge < -0.3 is 5.73 Å². The molecule has 2 aliphatic rings. The third-order valence-corrected chi connectivity index (χ3v) is 2.11. The van der Waals surface area contributed by atoms with Gasteiger partial charge in [-0.15, -0.1) is 0 Å². The van der Waals surface area contributed by atoms with Crippen molar-refractivity contribution in [2.45, 2.75) is 19.4 Å². The Morgan fingerprint density at radius 2 is 1.33 bits per heavy atom. The Morgan fingerprint density at radius 3 is 1.67 bits per heavy atom. The maximum Gasteiger partial charge on any atom is 2.00 e. The second-order valence-corrected chi connectivity index (χ2v) is 3.20. The van der Waals surface area contributed by atoms with Crippen molar-refractivity contribution in [1.82, 2.24) is 0 Å². The monoisotopic (exact) mass is 243 g/mol. The van der Waals surface area contributed by atoms with E-state index in [1.165, 1.54) is 5.92 Å². The first-order chi connectivity index (χ1) is 6.84. The summed E-state index contributed by atoms with van der Waals surface area (Å²) < 4.78 is 0. The summed E-state index contributed by atoms with van der Waals surface area (Å²) in [5, 5.41) is 0. The molecule has 0 aromatic heterocycles. The summed E-state index contributed by atoms with van der Waals surface area (Å²) in [6.07, 6.45) is 19.2. The van der Waals surface area contributed by atoms with Gasteiger partial charge in [0.2, 0.25) is 0 Å². The van der Waals surface area contributed by atoms with Crippen LogP contribution in [0.2, 0.25) is 0 Å². The molecule has 2 rings (SSSR count). The Kier molecular flexibility index (Phi) is 10.00. The number of rotatable bonds is 2. The van der Waals surface area contributed by atoms with Gasteiger partial charge in [0, 0.05) is 6.04 Å². The molecule has 0 heterocycles. The molecule has 2 saturated carbocycles. The van der Waals surface area contributed by atoms with Crippen LogP contribution in [0.1, 0.15) is 13.3 Å². The maximum atomic E-state index is 5.74. The van der Waals surface area contributed by atoms with Gasteiger partial charge in [0.15, 0.2) is 0 Å². The van der Waals surface area contributed by atoms with Crippen LogP contribution < -0.4 is 5.73 Å². The van der Waals surface area contributed by atoms with E-state index in [1.807, 2.05) is 44.9 Å². The van der Waals surface area contributed by atoms with Crippen molar-refractivity contribution in [3.05, 3.63) is 63.7 Å². The van der Waals surface area contributed by atoms with Crippen LogP contribution in [0.15, 0.2) is 0 Å². The van der Waals surface area contributed by atoms with E-state index < -0.39 is 0 Å². The molecule has 2 fully saturated rings. The number of hydrogen-bond donors (Lipinski definition) is 1. The van der Waals surface area contributed by atoms with E-state index >= 15 is 0 Å². The quantitative estimate of drug-likeness (QED) is 0.739. The van der Waals surface area contributed by atoms with E-state index in [0.717, 1.165) is 6.42 Å². The van der Waals surface area contributed by atoms with Crippen molar-refractivity contribution in [1.29, 1.82) is 0 Å². The SMILES string of the molecule is CC[C@@H](N)[C]1[CH][CH][CH][CH]1.[CH]1[CH][CH][CH][CH]1.[Fe+2]. The molecular formula is C13H17FeN+2. The molecule has 0 saturated heterocycles. The minimum Gasteiger partial charge on any atom is -0.327 e. The maximum absolute atomic E-state index is 5.74. The molecule has 80 valence electrons. The van der Waals surface area contributed by atoms with Crippen LogP contribution in [-0.4, -0.2) is 6.04 Å². The third kappa shape index (κ3) is 6.60. The molecule has 2 aliphatic carbocycles. The van der Waals surface area contributed by atoms with Crippen LogP contribution in [0, 0.1) is 63.7 Å². The summed E-state index contributed by atoms with van der Waals surface area (Å²) in [6, 6.07) is 0.236. The van der Waals surface area contributed by atoms with Crippen molar-refractivity contribution in [2.75, 3.05) is 0 Å². The fraction of sp³-hybridized carbons (Fsp3) is 0.231. The van der Waals surface area contributed by atoms with Gasteiger partial charge in [-0.1, -0.05) is 6.92 Å². The molecular weight excluding hydrogens is 226 g/mol. The summed E-state index contributed by atoms with van der Waals surface area (Å²) in [5.74, 6) is 1.25. The van der Waals surface area contributed by atoms with Crippen LogP contribution >= 0.6 is 0 Å². The Labute approximate surface area is 106 Å². The van der Waals surface area contributed by atoms with E-state index in [9.17, 15) is 0 Å². The molecule has 1 nitrogen and oxygen atoms in total. The van der Waals surface area contributed by atoms with E-state index in [0.29, 0.717) is 0 Å². The van der Waals surface area contributed by atoms with Crippen LogP contribution in [-0.2, 0) is 17.1 Å². The number of nitrogens with two attached hydrogens (primary N) is 1. The molecule has 0 amide bonds. The molecule has 2 N–H and O–H groups in total. The van der Waals surface area contributed by atoms with Crippen molar-refractivity contribution in [2.24, 2.45) is 5.73 Å². The summed E-state index contributed by atoms with van der Waals surface area (Å²) in [7, 11) is 0. The van der Waals surface area contributed by atoms with Gasteiger partial charge in [0.25, 0.3) is 0 Å². The normalized spacial score (nSPS) is 22.8. The summed E-state index contributed by atoms with van der Waals surface area (Å²) in [6.45, 7) is 2.09. The van der Waals surface area contributed by atoms with Crippen molar-refractivity contribution >= 4 is 0 Å². The molecule has 0 unspecified atom stereocenters. The fourth-order valence-corrected chi connectivity index (χ4v) is 1.19. The minimum absolute atomic E-state index is 0. The Hall–Kier alpha value is 0.479. The fourth-order valence-electron chi connectivity index (χ4n) is 1.19. The van der Waals surface area contributed by atoms with E-state index in [1.54, 1.807) is 0 Å². The van der Waals surface area contributed by atoms with Crippen molar-refractivity contribution in [3.8, 4) is 0 Å². The molecule has 0 aromatic carbocycles. The summed E-state index contributed by atoms with van der Waals surface area (Å²) >= 11 is 0. The average Bonchev–Trinajstić information content (AvgIpc) is 2.91. The molecule has 0 aliphatic heterocycles. The van der Waals surface area contributed by atoms with Crippen LogP contribution in [0.5, 0.6) is 0 Å². The Morgan fingerprint density at radius 1 is 0.933 bits per heavy atom. The zero-order valence-corrected chi connectivity index (χ0v) is 10.0. The first-order valence-corrected chi connectivity index (χ1v) is 4.98. The van der Waals surface area contributed by atoms with Crippen LogP contribution in [0.4, 0.5) is 0 Å². The van der Waals surface area contributed by atoms with Gasteiger partial charge >= 0.3 is 17.1 Å². The molecule has 0 bridgehead atoms. The van der Waals surface area contributed by atoms with Crippen molar-refractivity contribution < 1.29 is 17.1 Å². The van der Waals surface area contributed by atoms with Gasteiger partial charge in [0.05, 0.1) is 0 Å². The van der Waals surface area contributed by atoms with E-state index in [4.69, 9.17) is 5.73 Å². The van der Waals surface area contributed by atoms with Gasteiger partial charge in [0.1, 0.15) is 0 Å². The zero-order chi connectivity index (χ0) is 10.2. The second-order valence-electron chi connectivity index (χ2n) is 3.20. The average molecular weight is 243 g/mol. The molecule has 15 heavy (non-hydrogen) atoms. The van der Waals surface area contributed by atoms with Gasteiger partial charge in [-0.3, -0.25) is 0 Å². The topological polar surface area (TPSA) is 26.0 Å². The van der Waals surface area contributed by atoms with Crippen LogP contribution in [0.3, 0.4) is 0 Å². The third-order valence-electron chi connectivity index (χ3n) is 2.11. The van der Waals surface area contributed by atoms with Gasteiger partial charge in [-0.05, 0) is 70.1 Å². The molecule has 1 atom stereocenters. The molecule has 2 heteroatoms. The van der Waals surface area contributed by atoms with Gasteiger partial charge in [-0.25, -0.2) is 0 Å². The Balaban J connectivity index is 0.000000280. The van der Waals surface area contributed by atoms with Crippen molar-refractivity contribution in [3.63, 3.8) is 0 Å².